The van der Waals surface area contributed by atoms with Crippen LogP contribution in [-0.4, -0.2) is 44.2 Å². The molecule has 3 rings (SSSR count). The van der Waals surface area contributed by atoms with Crippen molar-refractivity contribution in [2.24, 2.45) is 14.1 Å². The molecule has 0 radical (unpaired) electrons. The predicted octanol–water partition coefficient (Wildman–Crippen LogP) is 1.29. The fourth-order valence-electron chi connectivity index (χ4n) is 3.17. The molecule has 0 aromatic carbocycles. The molecule has 0 aliphatic carbocycles. The van der Waals surface area contributed by atoms with Gasteiger partial charge in [-0.2, -0.15) is 10.2 Å². The van der Waals surface area contributed by atoms with Crippen LogP contribution in [0, 0.1) is 0 Å². The van der Waals surface area contributed by atoms with Crippen molar-refractivity contribution in [2.45, 2.75) is 25.9 Å². The Hall–Kier alpha value is -1.66. The summed E-state index contributed by atoms with van der Waals surface area (Å²) in [7, 11) is 3.98. The van der Waals surface area contributed by atoms with E-state index in [9.17, 15) is 0 Å². The minimum atomic E-state index is 0.387. The lowest BCUT2D eigenvalue weighted by atomic mass is 9.96. The summed E-state index contributed by atoms with van der Waals surface area (Å²) in [6.45, 7) is 6.42. The van der Waals surface area contributed by atoms with Crippen LogP contribution >= 0.6 is 0 Å². The van der Waals surface area contributed by atoms with Gasteiger partial charge in [0.05, 0.1) is 19.0 Å². The summed E-state index contributed by atoms with van der Waals surface area (Å²) in [5, 5.41) is 8.67. The van der Waals surface area contributed by atoms with Crippen LogP contribution in [-0.2, 0) is 31.9 Å². The topological polar surface area (TPSA) is 48.1 Å². The Morgan fingerprint density at radius 2 is 2.14 bits per heavy atom. The van der Waals surface area contributed by atoms with E-state index in [0.29, 0.717) is 5.92 Å². The number of rotatable bonds is 5. The van der Waals surface area contributed by atoms with Crippen LogP contribution in [0.1, 0.15) is 29.7 Å². The van der Waals surface area contributed by atoms with Crippen molar-refractivity contribution in [1.82, 2.24) is 24.5 Å². The Bertz CT molecular complexity index is 603. The number of aryl methyl sites for hydroxylation is 2. The van der Waals surface area contributed by atoms with E-state index < -0.39 is 0 Å². The third-order valence-corrected chi connectivity index (χ3v) is 4.01. The molecule has 0 saturated heterocycles. The normalized spacial score (nSPS) is 18.9. The molecule has 6 heteroatoms. The largest absolute Gasteiger partial charge is 0.381 e. The van der Waals surface area contributed by atoms with Crippen molar-refractivity contribution < 1.29 is 4.74 Å². The summed E-state index contributed by atoms with van der Waals surface area (Å²) in [4.78, 5) is 2.45. The molecule has 0 saturated carbocycles. The smallest absolute Gasteiger partial charge is 0.0562 e. The number of hydrogen-bond donors (Lipinski definition) is 0. The number of aromatic nitrogens is 4. The van der Waals surface area contributed by atoms with Gasteiger partial charge in [0.2, 0.25) is 0 Å². The molecule has 114 valence electrons. The third kappa shape index (κ3) is 3.01. The van der Waals surface area contributed by atoms with Crippen molar-refractivity contribution in [1.29, 1.82) is 0 Å². The zero-order valence-electron chi connectivity index (χ0n) is 13.0. The van der Waals surface area contributed by atoms with E-state index in [0.717, 1.165) is 32.8 Å². The van der Waals surface area contributed by atoms with Crippen molar-refractivity contribution in [3.05, 3.63) is 35.4 Å². The fourth-order valence-corrected chi connectivity index (χ4v) is 3.17. The van der Waals surface area contributed by atoms with Crippen molar-refractivity contribution in [3.63, 3.8) is 0 Å². The molecule has 0 N–H and O–H groups in total. The van der Waals surface area contributed by atoms with Crippen LogP contribution in [0.3, 0.4) is 0 Å². The van der Waals surface area contributed by atoms with Crippen LogP contribution in [0.15, 0.2) is 18.6 Å². The third-order valence-electron chi connectivity index (χ3n) is 4.01. The summed E-state index contributed by atoms with van der Waals surface area (Å²) >= 11 is 0. The molecule has 3 heterocycles. The highest BCUT2D eigenvalue weighted by Crippen LogP contribution is 2.29. The van der Waals surface area contributed by atoms with Gasteiger partial charge in [0.1, 0.15) is 0 Å². The van der Waals surface area contributed by atoms with E-state index in [-0.39, 0.29) is 0 Å². The van der Waals surface area contributed by atoms with Crippen molar-refractivity contribution in [3.8, 4) is 0 Å². The fraction of sp³-hybridized carbons (Fsp3) is 0.600. The monoisotopic (exact) mass is 289 g/mol. The highest BCUT2D eigenvalue weighted by atomic mass is 16.5. The van der Waals surface area contributed by atoms with Crippen LogP contribution in [0.4, 0.5) is 0 Å². The lowest BCUT2D eigenvalue weighted by Gasteiger charge is -2.32. The quantitative estimate of drug-likeness (QED) is 0.832. The predicted molar refractivity (Wildman–Crippen MR) is 79.8 cm³/mol. The molecule has 21 heavy (non-hydrogen) atoms. The minimum absolute atomic E-state index is 0.387. The van der Waals surface area contributed by atoms with E-state index in [1.807, 2.05) is 42.8 Å². The maximum atomic E-state index is 5.67. The van der Waals surface area contributed by atoms with Crippen LogP contribution in [0.2, 0.25) is 0 Å². The number of ether oxygens (including phenoxy) is 1. The van der Waals surface area contributed by atoms with E-state index in [2.05, 4.69) is 21.3 Å². The SMILES string of the molecule is CCOC[C@@H]1CN(Cc2cnn(C)c2)Cc2cnn(C)c21. The molecular weight excluding hydrogens is 266 g/mol. The van der Waals surface area contributed by atoms with Crippen LogP contribution in [0.5, 0.6) is 0 Å². The van der Waals surface area contributed by atoms with Gasteiger partial charge >= 0.3 is 0 Å². The first-order valence-electron chi connectivity index (χ1n) is 7.45. The summed E-state index contributed by atoms with van der Waals surface area (Å²) in [5.41, 5.74) is 3.89. The van der Waals surface area contributed by atoms with E-state index in [1.165, 1.54) is 16.8 Å². The van der Waals surface area contributed by atoms with Crippen LogP contribution in [0.25, 0.3) is 0 Å². The second-order valence-corrected chi connectivity index (χ2v) is 5.73. The van der Waals surface area contributed by atoms with E-state index >= 15 is 0 Å². The average Bonchev–Trinajstić information content (AvgIpc) is 3.03. The molecule has 0 bridgehead atoms. The van der Waals surface area contributed by atoms with Gasteiger partial charge in [0.15, 0.2) is 0 Å². The zero-order chi connectivity index (χ0) is 14.8. The molecule has 2 aromatic heterocycles. The first kappa shape index (κ1) is 14.3. The Kier molecular flexibility index (Phi) is 4.07. The van der Waals surface area contributed by atoms with Gasteiger partial charge in [-0.1, -0.05) is 0 Å². The van der Waals surface area contributed by atoms with Crippen molar-refractivity contribution in [2.75, 3.05) is 19.8 Å². The second kappa shape index (κ2) is 5.99. The molecule has 1 aliphatic heterocycles. The number of nitrogens with zero attached hydrogens (tertiary/aromatic N) is 5. The maximum Gasteiger partial charge on any atom is 0.0562 e. The maximum absolute atomic E-state index is 5.67. The first-order valence-corrected chi connectivity index (χ1v) is 7.45. The number of fused-ring (bicyclic) bond motifs is 1. The molecule has 6 nitrogen and oxygen atoms in total. The Morgan fingerprint density at radius 1 is 1.29 bits per heavy atom. The highest BCUT2D eigenvalue weighted by Gasteiger charge is 2.28. The van der Waals surface area contributed by atoms with Gasteiger partial charge in [0, 0.05) is 69.3 Å². The first-order chi connectivity index (χ1) is 10.2. The summed E-state index contributed by atoms with van der Waals surface area (Å²) < 4.78 is 9.53. The second-order valence-electron chi connectivity index (χ2n) is 5.73. The van der Waals surface area contributed by atoms with Gasteiger partial charge in [-0.3, -0.25) is 14.3 Å². The summed E-state index contributed by atoms with van der Waals surface area (Å²) in [6, 6.07) is 0. The van der Waals surface area contributed by atoms with Gasteiger partial charge < -0.3 is 4.74 Å². The van der Waals surface area contributed by atoms with Crippen molar-refractivity contribution >= 4 is 0 Å². The Balaban J connectivity index is 1.76. The zero-order valence-corrected chi connectivity index (χ0v) is 13.0. The number of hydrogen-bond acceptors (Lipinski definition) is 4. The lowest BCUT2D eigenvalue weighted by molar-refractivity contribution is 0.102. The van der Waals surface area contributed by atoms with Gasteiger partial charge in [-0.05, 0) is 6.92 Å². The molecule has 1 aliphatic rings. The van der Waals surface area contributed by atoms with Gasteiger partial charge in [0.25, 0.3) is 0 Å². The average molecular weight is 289 g/mol. The molecular formula is C15H23N5O. The van der Waals surface area contributed by atoms with E-state index in [1.54, 1.807) is 0 Å². The standard InChI is InChI=1S/C15H23N5O/c1-4-21-11-14-10-20(8-12-5-16-18(2)7-12)9-13-6-17-19(3)15(13)14/h5-7,14H,4,8-11H2,1-3H3/t14-/m0/s1. The molecule has 1 atom stereocenters. The Morgan fingerprint density at radius 3 is 2.86 bits per heavy atom. The molecule has 0 amide bonds. The molecule has 0 spiro atoms. The molecule has 0 unspecified atom stereocenters. The summed E-state index contributed by atoms with van der Waals surface area (Å²) in [6.07, 6.45) is 6.01. The van der Waals surface area contributed by atoms with Gasteiger partial charge in [-0.15, -0.1) is 0 Å². The molecule has 0 fully saturated rings. The van der Waals surface area contributed by atoms with E-state index in [4.69, 9.17) is 4.74 Å². The Labute approximate surface area is 125 Å². The molecule has 2 aromatic rings. The minimum Gasteiger partial charge on any atom is -0.381 e. The van der Waals surface area contributed by atoms with Gasteiger partial charge in [-0.25, -0.2) is 0 Å². The summed E-state index contributed by atoms with van der Waals surface area (Å²) in [5.74, 6) is 0.387. The highest BCUT2D eigenvalue weighted by molar-refractivity contribution is 5.25. The van der Waals surface area contributed by atoms with Crippen LogP contribution < -0.4 is 0 Å². The lowest BCUT2D eigenvalue weighted by Crippen LogP contribution is -2.35.